The van der Waals surface area contributed by atoms with E-state index in [1.165, 1.54) is 0 Å². The van der Waals surface area contributed by atoms with Crippen LogP contribution >= 0.6 is 50.0 Å². The van der Waals surface area contributed by atoms with Gasteiger partial charge in [0.25, 0.3) is 0 Å². The van der Waals surface area contributed by atoms with Crippen molar-refractivity contribution in [3.63, 3.8) is 0 Å². The molecule has 0 fully saturated rings. The Morgan fingerprint density at radius 2 is 1.50 bits per heavy atom. The Hall–Kier alpha value is 3.13. The molecular weight excluding hydrogens is 350 g/mol. The first-order valence-electron chi connectivity index (χ1n) is 2.66. The minimum Gasteiger partial charge on any atom is -0.776 e. The predicted octanol–water partition coefficient (Wildman–Crippen LogP) is -6.29. The summed E-state index contributed by atoms with van der Waals surface area (Å²) >= 11 is 14.6. The van der Waals surface area contributed by atoms with E-state index in [0.29, 0.717) is 0 Å². The van der Waals surface area contributed by atoms with Crippen molar-refractivity contribution in [2.75, 3.05) is 0 Å². The number of alkyl halides is 3. The van der Waals surface area contributed by atoms with Crippen molar-refractivity contribution in [1.82, 2.24) is 0 Å². The van der Waals surface area contributed by atoms with Gasteiger partial charge in [-0.05, 0) is 0 Å². The third-order valence-corrected chi connectivity index (χ3v) is 4.76. The fourth-order valence-electron chi connectivity index (χ4n) is 0.370. The largest absolute Gasteiger partial charge is 1.00 e. The number of hydrogen-bond donors (Lipinski definition) is 2. The second kappa shape index (κ2) is 8.42. The summed E-state index contributed by atoms with van der Waals surface area (Å²) in [5, 5.41) is 8.57. The van der Waals surface area contributed by atoms with E-state index in [1.54, 1.807) is 0 Å². The number of aliphatic hydroxyl groups excluding tert-OH is 1. The summed E-state index contributed by atoms with van der Waals surface area (Å²) in [5.74, 6) is 0. The molecule has 0 radical (unpaired) electrons. The Balaban J connectivity index is -0.000000845. The normalized spacial score (nSPS) is 20.7. The van der Waals surface area contributed by atoms with Crippen LogP contribution in [0.25, 0.3) is 0 Å². The maximum absolute atomic E-state index is 10.8. The zero-order valence-corrected chi connectivity index (χ0v) is 16.1. The fraction of sp³-hybridized carbons (Fsp3) is 1.00. The summed E-state index contributed by atoms with van der Waals surface area (Å²) in [5.41, 5.74) is -3.18. The third-order valence-electron chi connectivity index (χ3n) is 0.805. The van der Waals surface area contributed by atoms with Crippen LogP contribution in [-0.4, -0.2) is 19.6 Å². The molecule has 0 bridgehead atoms. The van der Waals surface area contributed by atoms with E-state index in [9.17, 15) is 18.9 Å². The molecule has 7 nitrogen and oxygen atoms in total. The van der Waals surface area contributed by atoms with Crippen molar-refractivity contribution in [2.45, 2.75) is 9.56 Å². The molecule has 0 rings (SSSR count). The van der Waals surface area contributed by atoms with Gasteiger partial charge in [0.1, 0.15) is 0 Å². The van der Waals surface area contributed by atoms with Crippen LogP contribution in [0.3, 0.4) is 0 Å². The summed E-state index contributed by atoms with van der Waals surface area (Å²) < 4.78 is 21.8. The molecule has 0 aliphatic carbocycles. The molecule has 0 saturated carbocycles. The Labute approximate surface area is 150 Å². The maximum Gasteiger partial charge on any atom is 1.00 e. The second-order valence-corrected chi connectivity index (χ2v) is 7.94. The van der Waals surface area contributed by atoms with Crippen molar-refractivity contribution in [2.24, 2.45) is 0 Å². The van der Waals surface area contributed by atoms with Gasteiger partial charge in [-0.15, -0.1) is 0 Å². The van der Waals surface area contributed by atoms with Gasteiger partial charge in [0, 0.05) is 0 Å². The average Bonchev–Trinajstić information content (AvgIpc) is 1.78. The van der Waals surface area contributed by atoms with Gasteiger partial charge >= 0.3 is 63.1 Å². The minimum atomic E-state index is -5.54. The van der Waals surface area contributed by atoms with E-state index < -0.39 is 24.8 Å². The molecule has 0 aromatic carbocycles. The summed E-state index contributed by atoms with van der Waals surface area (Å²) in [6.45, 7) is 0. The summed E-state index contributed by atoms with van der Waals surface area (Å²) in [6, 6.07) is 0. The van der Waals surface area contributed by atoms with E-state index in [4.69, 9.17) is 44.8 Å². The van der Waals surface area contributed by atoms with Crippen LogP contribution in [0, 0.1) is 0 Å². The molecule has 86 valence electrons. The molecule has 3 unspecified atom stereocenters. The van der Waals surface area contributed by atoms with E-state index in [0.717, 1.165) is 0 Å². The smallest absolute Gasteiger partial charge is 0.776 e. The third kappa shape index (κ3) is 9.98. The van der Waals surface area contributed by atoms with Gasteiger partial charge in [-0.25, -0.2) is 0 Å². The zero-order chi connectivity index (χ0) is 11.8. The maximum atomic E-state index is 10.8. The van der Waals surface area contributed by atoms with Crippen LogP contribution < -0.4 is 68.9 Å². The Bertz CT molecular complexity index is 300. The van der Waals surface area contributed by atoms with Gasteiger partial charge in [0.15, 0.2) is 20.8 Å². The van der Waals surface area contributed by atoms with Crippen LogP contribution in [0.4, 0.5) is 0 Å². The monoisotopic (exact) mass is 352 g/mol. The van der Waals surface area contributed by atoms with Crippen LogP contribution in [-0.2, 0) is 13.7 Å². The zero-order valence-electron chi connectivity index (χ0n) is 8.04. The number of hydrogen-bond acceptors (Lipinski definition) is 6. The molecule has 0 amide bonds. The number of halogens is 3. The molecular formula is C2H3Cl3Na2O7P2. The number of aliphatic hydroxyl groups is 1. The molecule has 0 heterocycles. The molecule has 0 aromatic heterocycles. The van der Waals surface area contributed by atoms with E-state index in [1.807, 2.05) is 0 Å². The van der Waals surface area contributed by atoms with Crippen molar-refractivity contribution in [3.05, 3.63) is 0 Å². The molecule has 2 N–H and O–H groups in total. The summed E-state index contributed by atoms with van der Waals surface area (Å²) in [6.07, 6.45) is 0. The predicted molar refractivity (Wildman–Crippen MR) is 44.8 cm³/mol. The first kappa shape index (κ1) is 24.2. The molecule has 3 atom stereocenters. The molecule has 0 aliphatic rings. The topological polar surface area (TPSA) is 130 Å². The first-order valence-corrected chi connectivity index (χ1v) is 7.05. The van der Waals surface area contributed by atoms with Crippen molar-refractivity contribution in [3.8, 4) is 0 Å². The van der Waals surface area contributed by atoms with Gasteiger partial charge < -0.3 is 28.9 Å². The number of rotatable bonds is 3. The fourth-order valence-corrected chi connectivity index (χ4v) is 3.19. The SMILES string of the molecule is O=P([O-])(O)C(O)P(=O)([O-])OC(Cl)(Cl)Cl.[Na+].[Na+]. The van der Waals surface area contributed by atoms with Gasteiger partial charge in [-0.1, -0.05) is 34.8 Å². The van der Waals surface area contributed by atoms with Crippen molar-refractivity contribution in [1.29, 1.82) is 0 Å². The molecule has 0 aliphatic heterocycles. The summed E-state index contributed by atoms with van der Waals surface area (Å²) in [7, 11) is -11.0. The van der Waals surface area contributed by atoms with E-state index in [-0.39, 0.29) is 59.1 Å². The molecule has 0 saturated heterocycles. The average molecular weight is 353 g/mol. The van der Waals surface area contributed by atoms with Crippen LogP contribution in [0.5, 0.6) is 0 Å². The van der Waals surface area contributed by atoms with Crippen LogP contribution in [0.1, 0.15) is 0 Å². The van der Waals surface area contributed by atoms with Crippen molar-refractivity contribution >= 4 is 50.0 Å². The second-order valence-electron chi connectivity index (χ2n) is 1.99. The van der Waals surface area contributed by atoms with Gasteiger partial charge in [-0.3, -0.25) is 4.52 Å². The Morgan fingerprint density at radius 1 is 1.19 bits per heavy atom. The van der Waals surface area contributed by atoms with Crippen molar-refractivity contribution < 1.29 is 92.6 Å². The summed E-state index contributed by atoms with van der Waals surface area (Å²) in [4.78, 5) is 29.2. The van der Waals surface area contributed by atoms with E-state index >= 15 is 0 Å². The van der Waals surface area contributed by atoms with Crippen LogP contribution in [0.2, 0.25) is 0 Å². The molecule has 16 heavy (non-hydrogen) atoms. The molecule has 0 aromatic rings. The van der Waals surface area contributed by atoms with Gasteiger partial charge in [0.2, 0.25) is 0 Å². The van der Waals surface area contributed by atoms with Crippen LogP contribution in [0.15, 0.2) is 0 Å². The Kier molecular flexibility index (Phi) is 12.7. The first-order chi connectivity index (χ1) is 5.86. The quantitative estimate of drug-likeness (QED) is 0.293. The standard InChI is InChI=1S/C2H5Cl3O7P2.2Na/c3-2(4,5)12-14(10,11)1(6)13(7,8)9;;/h1,6H,(H,10,11)(H2,7,8,9);;/q;2*+1/p-2. The van der Waals surface area contributed by atoms with Gasteiger partial charge in [-0.2, -0.15) is 0 Å². The minimum absolute atomic E-state index is 0. The van der Waals surface area contributed by atoms with E-state index in [2.05, 4.69) is 4.52 Å². The van der Waals surface area contributed by atoms with Gasteiger partial charge in [0.05, 0.1) is 0 Å². The molecule has 0 spiro atoms. The Morgan fingerprint density at radius 3 is 1.69 bits per heavy atom. The molecule has 14 heteroatoms.